The monoisotopic (exact) mass is 495 g/mol. The van der Waals surface area contributed by atoms with E-state index in [1.165, 1.54) is 37.7 Å². The Morgan fingerprint density at radius 3 is 2.56 bits per heavy atom. The first-order chi connectivity index (χ1) is 17.4. The molecule has 2 N–H and O–H groups in total. The number of carboxylic acid groups (broad SMARTS) is 1. The normalized spacial score (nSPS) is 16.9. The van der Waals surface area contributed by atoms with Gasteiger partial charge in [0.25, 0.3) is 0 Å². The number of aromatic carboxylic acids is 1. The zero-order chi connectivity index (χ0) is 25.8. The fourth-order valence-corrected chi connectivity index (χ4v) is 5.09. The second kappa shape index (κ2) is 14.4. The lowest BCUT2D eigenvalue weighted by atomic mass is 9.78. The highest BCUT2D eigenvalue weighted by Gasteiger charge is 2.28. The van der Waals surface area contributed by atoms with E-state index in [1.54, 1.807) is 12.1 Å². The van der Waals surface area contributed by atoms with Crippen LogP contribution in [0.5, 0.6) is 5.75 Å². The number of nitrogens with one attached hydrogen (secondary N) is 1. The molecule has 0 spiro atoms. The third-order valence-corrected chi connectivity index (χ3v) is 7.56. The minimum atomic E-state index is -0.898. The molecule has 2 atom stereocenters. The minimum Gasteiger partial charge on any atom is -0.493 e. The van der Waals surface area contributed by atoms with Gasteiger partial charge < -0.3 is 19.9 Å². The zero-order valence-corrected chi connectivity index (χ0v) is 22.4. The van der Waals surface area contributed by atoms with Gasteiger partial charge in [-0.15, -0.1) is 0 Å². The fourth-order valence-electron chi connectivity index (χ4n) is 5.09. The molecule has 5 heteroatoms. The van der Waals surface area contributed by atoms with Gasteiger partial charge >= 0.3 is 5.97 Å². The summed E-state index contributed by atoms with van der Waals surface area (Å²) in [5.74, 6) is 0.744. The van der Waals surface area contributed by atoms with Gasteiger partial charge in [0.1, 0.15) is 5.75 Å². The highest BCUT2D eigenvalue weighted by Crippen LogP contribution is 2.32. The second-order valence-electron chi connectivity index (χ2n) is 10.6. The molecule has 0 saturated heterocycles. The molecule has 1 fully saturated rings. The van der Waals surface area contributed by atoms with Crippen molar-refractivity contribution in [2.45, 2.75) is 83.6 Å². The number of carbonyl (C=O) groups is 1. The Hall–Kier alpha value is -2.37. The summed E-state index contributed by atoms with van der Waals surface area (Å²) in [6.45, 7) is 9.78. The van der Waals surface area contributed by atoms with Crippen LogP contribution in [0.15, 0.2) is 48.5 Å². The number of hydrogen-bond acceptors (Lipinski definition) is 4. The molecular weight excluding hydrogens is 450 g/mol. The highest BCUT2D eigenvalue weighted by molar-refractivity contribution is 5.87. The predicted octanol–water partition coefficient (Wildman–Crippen LogP) is 7.16. The van der Waals surface area contributed by atoms with E-state index in [1.807, 2.05) is 12.1 Å². The minimum absolute atomic E-state index is 0.0882. The number of rotatable bonds is 15. The smallest absolute Gasteiger partial charge is 0.335 e. The average Bonchev–Trinajstić information content (AvgIpc) is 2.91. The van der Waals surface area contributed by atoms with E-state index in [9.17, 15) is 9.90 Å². The van der Waals surface area contributed by atoms with E-state index in [-0.39, 0.29) is 11.5 Å². The molecule has 2 unspecified atom stereocenters. The van der Waals surface area contributed by atoms with Gasteiger partial charge in [-0.3, -0.25) is 0 Å². The Kier molecular flexibility index (Phi) is 11.3. The van der Waals surface area contributed by atoms with Crippen LogP contribution in [0, 0.1) is 5.92 Å². The highest BCUT2D eigenvalue weighted by atomic mass is 16.5. The average molecular weight is 496 g/mol. The van der Waals surface area contributed by atoms with E-state index in [0.29, 0.717) is 11.5 Å². The number of carboxylic acids is 1. The molecule has 1 saturated carbocycles. The van der Waals surface area contributed by atoms with Crippen molar-refractivity contribution < 1.29 is 19.4 Å². The molecule has 0 aromatic heterocycles. The zero-order valence-electron chi connectivity index (χ0n) is 22.4. The summed E-state index contributed by atoms with van der Waals surface area (Å²) in [7, 11) is 0. The van der Waals surface area contributed by atoms with Gasteiger partial charge in [0.15, 0.2) is 0 Å². The molecule has 36 heavy (non-hydrogen) atoms. The van der Waals surface area contributed by atoms with Crippen LogP contribution in [0.1, 0.15) is 99.7 Å². The molecule has 5 nitrogen and oxygen atoms in total. The van der Waals surface area contributed by atoms with Crippen molar-refractivity contribution in [2.75, 3.05) is 26.4 Å². The Labute approximate surface area is 217 Å². The SMILES string of the molecule is CCCOCCCC(C)(CNC(C)c1ccc(C(=O)O)cc1)c1cccc(OCC2CCCCC2)c1. The van der Waals surface area contributed by atoms with Crippen molar-refractivity contribution in [2.24, 2.45) is 5.92 Å². The molecule has 0 amide bonds. The van der Waals surface area contributed by atoms with Crippen LogP contribution in [0.25, 0.3) is 0 Å². The maximum atomic E-state index is 11.2. The second-order valence-corrected chi connectivity index (χ2v) is 10.6. The molecule has 198 valence electrons. The van der Waals surface area contributed by atoms with E-state index in [0.717, 1.165) is 56.9 Å². The van der Waals surface area contributed by atoms with Crippen LogP contribution in [-0.2, 0) is 10.2 Å². The summed E-state index contributed by atoms with van der Waals surface area (Å²) in [6.07, 6.45) is 9.62. The molecule has 0 radical (unpaired) electrons. The Balaban J connectivity index is 1.67. The standard InChI is InChI=1S/C31H45NO4/c1-4-19-35-20-9-18-31(3,23-32-24(2)26-14-16-27(17-15-26)30(33)34)28-12-8-13-29(21-28)36-22-25-10-6-5-7-11-25/h8,12-17,21,24-25,32H,4-7,9-11,18-20,22-23H2,1-3H3,(H,33,34). The molecule has 1 aliphatic rings. The third-order valence-electron chi connectivity index (χ3n) is 7.56. The van der Waals surface area contributed by atoms with E-state index in [2.05, 4.69) is 50.4 Å². The fraction of sp³-hybridized carbons (Fsp3) is 0.581. The van der Waals surface area contributed by atoms with Gasteiger partial charge in [0.05, 0.1) is 12.2 Å². The quantitative estimate of drug-likeness (QED) is 0.257. The molecular formula is C31H45NO4. The molecule has 0 aliphatic heterocycles. The molecule has 0 heterocycles. The molecule has 2 aromatic carbocycles. The van der Waals surface area contributed by atoms with Gasteiger partial charge in [0, 0.05) is 31.2 Å². The van der Waals surface area contributed by atoms with Gasteiger partial charge in [-0.05, 0) is 80.3 Å². The van der Waals surface area contributed by atoms with Crippen LogP contribution >= 0.6 is 0 Å². The number of hydrogen-bond donors (Lipinski definition) is 2. The van der Waals surface area contributed by atoms with Crippen molar-refractivity contribution in [1.29, 1.82) is 0 Å². The Morgan fingerprint density at radius 2 is 1.86 bits per heavy atom. The summed E-state index contributed by atoms with van der Waals surface area (Å²) in [5.41, 5.74) is 2.58. The number of benzene rings is 2. The van der Waals surface area contributed by atoms with E-state index in [4.69, 9.17) is 9.47 Å². The van der Waals surface area contributed by atoms with Crippen LogP contribution in [0.4, 0.5) is 0 Å². The van der Waals surface area contributed by atoms with Crippen molar-refractivity contribution in [3.8, 4) is 5.75 Å². The summed E-state index contributed by atoms with van der Waals surface area (Å²) >= 11 is 0. The first-order valence-corrected chi connectivity index (χ1v) is 13.8. The molecule has 1 aliphatic carbocycles. The van der Waals surface area contributed by atoms with Crippen LogP contribution < -0.4 is 10.1 Å². The topological polar surface area (TPSA) is 67.8 Å². The summed E-state index contributed by atoms with van der Waals surface area (Å²) in [5, 5.41) is 12.9. The lowest BCUT2D eigenvalue weighted by Crippen LogP contribution is -2.37. The van der Waals surface area contributed by atoms with Crippen LogP contribution in [0.3, 0.4) is 0 Å². The first kappa shape index (κ1) is 28.2. The first-order valence-electron chi connectivity index (χ1n) is 13.8. The number of ether oxygens (including phenoxy) is 2. The third kappa shape index (κ3) is 8.63. The van der Waals surface area contributed by atoms with Crippen molar-refractivity contribution in [3.63, 3.8) is 0 Å². The van der Waals surface area contributed by atoms with Crippen molar-refractivity contribution in [1.82, 2.24) is 5.32 Å². The summed E-state index contributed by atoms with van der Waals surface area (Å²) < 4.78 is 12.0. The van der Waals surface area contributed by atoms with Gasteiger partial charge in [-0.25, -0.2) is 4.79 Å². The lowest BCUT2D eigenvalue weighted by Gasteiger charge is -2.33. The van der Waals surface area contributed by atoms with Gasteiger partial charge in [0.2, 0.25) is 0 Å². The largest absolute Gasteiger partial charge is 0.493 e. The van der Waals surface area contributed by atoms with E-state index < -0.39 is 5.97 Å². The summed E-state index contributed by atoms with van der Waals surface area (Å²) in [4.78, 5) is 11.2. The summed E-state index contributed by atoms with van der Waals surface area (Å²) in [6, 6.07) is 15.9. The van der Waals surface area contributed by atoms with Crippen LogP contribution in [-0.4, -0.2) is 37.4 Å². The lowest BCUT2D eigenvalue weighted by molar-refractivity contribution is 0.0697. The van der Waals surface area contributed by atoms with E-state index >= 15 is 0 Å². The van der Waals surface area contributed by atoms with Gasteiger partial charge in [-0.2, -0.15) is 0 Å². The Morgan fingerprint density at radius 1 is 1.11 bits per heavy atom. The maximum absolute atomic E-state index is 11.2. The predicted molar refractivity (Wildman–Crippen MR) is 146 cm³/mol. The van der Waals surface area contributed by atoms with Crippen molar-refractivity contribution >= 4 is 5.97 Å². The van der Waals surface area contributed by atoms with Crippen LogP contribution in [0.2, 0.25) is 0 Å². The molecule has 0 bridgehead atoms. The molecule has 2 aromatic rings. The van der Waals surface area contributed by atoms with Gasteiger partial charge in [-0.1, -0.05) is 57.4 Å². The Bertz CT molecular complexity index is 922. The van der Waals surface area contributed by atoms with Crippen molar-refractivity contribution in [3.05, 3.63) is 65.2 Å². The maximum Gasteiger partial charge on any atom is 0.335 e. The molecule has 3 rings (SSSR count).